The molecule has 0 aromatic heterocycles. The van der Waals surface area contributed by atoms with Crippen LogP contribution in [0, 0.1) is 5.41 Å². The van der Waals surface area contributed by atoms with Crippen molar-refractivity contribution in [2.45, 2.75) is 46.5 Å². The number of hydrogen-bond acceptors (Lipinski definition) is 2. The smallest absolute Gasteiger partial charge is 0.212 e. The zero-order chi connectivity index (χ0) is 12.8. The summed E-state index contributed by atoms with van der Waals surface area (Å²) in [6, 6.07) is 0. The Morgan fingerprint density at radius 1 is 1.25 bits per heavy atom. The van der Waals surface area contributed by atoms with Crippen molar-refractivity contribution in [1.82, 2.24) is 0 Å². The first-order valence-corrected chi connectivity index (χ1v) is 5.53. The molecule has 0 amide bonds. The Morgan fingerprint density at radius 3 is 2.25 bits per heavy atom. The molecule has 0 fully saturated rings. The molecule has 0 unspecified atom stereocenters. The van der Waals surface area contributed by atoms with Gasteiger partial charge in [0.15, 0.2) is 0 Å². The number of allylic oxidation sites excluding steroid dienone is 2. The highest BCUT2D eigenvalue weighted by Crippen LogP contribution is 2.20. The van der Waals surface area contributed by atoms with Gasteiger partial charge in [0.05, 0.1) is 5.41 Å². The second kappa shape index (κ2) is 6.41. The lowest BCUT2D eigenvalue weighted by molar-refractivity contribution is -0.123. The van der Waals surface area contributed by atoms with Gasteiger partial charge in [-0.1, -0.05) is 17.7 Å². The summed E-state index contributed by atoms with van der Waals surface area (Å²) in [5.74, 6) is -0.108. The molecule has 0 bridgehead atoms. The highest BCUT2D eigenvalue weighted by Gasteiger charge is 2.27. The van der Waals surface area contributed by atoms with Crippen LogP contribution in [-0.2, 0) is 9.59 Å². The van der Waals surface area contributed by atoms with E-state index in [4.69, 9.17) is 0 Å². The molecule has 0 aliphatic heterocycles. The molecular formula is C14H21O2. The summed E-state index contributed by atoms with van der Waals surface area (Å²) in [4.78, 5) is 22.2. The van der Waals surface area contributed by atoms with E-state index in [1.807, 2.05) is 6.92 Å². The summed E-state index contributed by atoms with van der Waals surface area (Å²) < 4.78 is 0. The summed E-state index contributed by atoms with van der Waals surface area (Å²) in [6.07, 6.45) is 4.77. The number of ketones is 1. The molecule has 0 atom stereocenters. The van der Waals surface area contributed by atoms with Crippen LogP contribution in [0.5, 0.6) is 0 Å². The van der Waals surface area contributed by atoms with E-state index < -0.39 is 5.41 Å². The van der Waals surface area contributed by atoms with Crippen molar-refractivity contribution in [2.24, 2.45) is 5.41 Å². The predicted molar refractivity (Wildman–Crippen MR) is 66.9 cm³/mol. The third kappa shape index (κ3) is 5.64. The van der Waals surface area contributed by atoms with Crippen LogP contribution >= 0.6 is 0 Å². The maximum absolute atomic E-state index is 11.7. The van der Waals surface area contributed by atoms with E-state index in [1.54, 1.807) is 20.1 Å². The van der Waals surface area contributed by atoms with Crippen molar-refractivity contribution in [2.75, 3.05) is 0 Å². The van der Waals surface area contributed by atoms with Crippen LogP contribution in [0.3, 0.4) is 0 Å². The largest absolute Gasteiger partial charge is 0.298 e. The van der Waals surface area contributed by atoms with Crippen molar-refractivity contribution < 1.29 is 9.59 Å². The monoisotopic (exact) mass is 221 g/mol. The van der Waals surface area contributed by atoms with E-state index >= 15 is 0 Å². The van der Waals surface area contributed by atoms with Gasteiger partial charge >= 0.3 is 0 Å². The molecule has 0 aromatic rings. The topological polar surface area (TPSA) is 34.1 Å². The van der Waals surface area contributed by atoms with E-state index in [9.17, 15) is 9.59 Å². The Kier molecular flexibility index (Phi) is 5.94. The highest BCUT2D eigenvalue weighted by atomic mass is 16.1. The molecule has 0 aromatic carbocycles. The summed E-state index contributed by atoms with van der Waals surface area (Å²) in [5.41, 5.74) is 1.02. The standard InChI is InChI=1S/C14H21O2/c1-11(2)7-6-8-12(3)9-13(16)14(4,5)10-15/h1,3,6-9H2,2,4-5H3. The van der Waals surface area contributed by atoms with Crippen LogP contribution < -0.4 is 0 Å². The molecule has 16 heavy (non-hydrogen) atoms. The van der Waals surface area contributed by atoms with Crippen molar-refractivity contribution in [1.29, 1.82) is 0 Å². The quantitative estimate of drug-likeness (QED) is 0.465. The van der Waals surface area contributed by atoms with E-state index in [-0.39, 0.29) is 12.2 Å². The summed E-state index contributed by atoms with van der Waals surface area (Å²) >= 11 is 0. The fraction of sp³-hybridized carbons (Fsp3) is 0.571. The molecule has 1 radical (unpaired) electrons. The third-order valence-electron chi connectivity index (χ3n) is 2.50. The second-order valence-corrected chi connectivity index (χ2v) is 4.89. The molecule has 2 heteroatoms. The van der Waals surface area contributed by atoms with Crippen LogP contribution in [-0.4, -0.2) is 12.1 Å². The predicted octanol–water partition coefficient (Wildman–Crippen LogP) is 3.38. The average molecular weight is 221 g/mol. The maximum atomic E-state index is 11.7. The van der Waals surface area contributed by atoms with Gasteiger partial charge in [0.25, 0.3) is 0 Å². The highest BCUT2D eigenvalue weighted by molar-refractivity contribution is 5.98. The number of hydrogen-bond donors (Lipinski definition) is 0. The molecular weight excluding hydrogens is 200 g/mol. The summed E-state index contributed by atoms with van der Waals surface area (Å²) in [6.45, 7) is 12.8. The van der Waals surface area contributed by atoms with Gasteiger partial charge in [0.1, 0.15) is 5.78 Å². The third-order valence-corrected chi connectivity index (χ3v) is 2.50. The summed E-state index contributed by atoms with van der Waals surface area (Å²) in [7, 11) is 0. The molecule has 0 spiro atoms. The number of carbonyl (C=O) groups excluding carboxylic acids is 2. The lowest BCUT2D eigenvalue weighted by Gasteiger charge is -2.15. The molecule has 0 aliphatic rings. The fourth-order valence-corrected chi connectivity index (χ4v) is 1.23. The van der Waals surface area contributed by atoms with Crippen molar-refractivity contribution in [3.63, 3.8) is 0 Å². The Hall–Kier alpha value is -1.18. The van der Waals surface area contributed by atoms with Crippen LogP contribution in [0.15, 0.2) is 24.3 Å². The van der Waals surface area contributed by atoms with Gasteiger partial charge in [-0.2, -0.15) is 0 Å². The molecule has 0 heterocycles. The first-order chi connectivity index (χ1) is 7.29. The van der Waals surface area contributed by atoms with E-state index in [0.29, 0.717) is 0 Å². The number of Topliss-reactive ketones (excluding diaryl/α,β-unsaturated/α-hetero) is 1. The number of carbonyl (C=O) groups is 1. The minimum Gasteiger partial charge on any atom is -0.298 e. The Labute approximate surface area is 98.4 Å². The van der Waals surface area contributed by atoms with Gasteiger partial charge in [0.2, 0.25) is 6.29 Å². The average Bonchev–Trinajstić information content (AvgIpc) is 2.16. The zero-order valence-corrected chi connectivity index (χ0v) is 10.6. The molecule has 89 valence electrons. The van der Waals surface area contributed by atoms with Gasteiger partial charge < -0.3 is 0 Å². The lowest BCUT2D eigenvalue weighted by Crippen LogP contribution is -2.25. The normalized spacial score (nSPS) is 10.9. The first-order valence-electron chi connectivity index (χ1n) is 5.53. The van der Waals surface area contributed by atoms with Gasteiger partial charge in [-0.15, -0.1) is 6.58 Å². The Balaban J connectivity index is 4.02. The van der Waals surface area contributed by atoms with Crippen LogP contribution in [0.4, 0.5) is 0 Å². The van der Waals surface area contributed by atoms with Crippen LogP contribution in [0.25, 0.3) is 0 Å². The minimum atomic E-state index is -1.00. The van der Waals surface area contributed by atoms with Gasteiger partial charge in [-0.25, -0.2) is 0 Å². The lowest BCUT2D eigenvalue weighted by atomic mass is 9.86. The molecule has 0 N–H and O–H groups in total. The molecule has 0 saturated carbocycles. The van der Waals surface area contributed by atoms with Crippen LogP contribution in [0.1, 0.15) is 46.5 Å². The Morgan fingerprint density at radius 2 is 1.81 bits per heavy atom. The molecule has 0 saturated heterocycles. The Bertz CT molecular complexity index is 298. The molecule has 2 nitrogen and oxygen atoms in total. The summed E-state index contributed by atoms with van der Waals surface area (Å²) in [5, 5.41) is 0. The molecule has 0 aliphatic carbocycles. The van der Waals surface area contributed by atoms with E-state index in [1.165, 1.54) is 0 Å². The van der Waals surface area contributed by atoms with Crippen molar-refractivity contribution in [3.05, 3.63) is 24.3 Å². The SMILES string of the molecule is C=C(C)CCCC(=C)CC(=O)C(C)(C)[C]=O. The van der Waals surface area contributed by atoms with Crippen LogP contribution in [0.2, 0.25) is 0 Å². The second-order valence-electron chi connectivity index (χ2n) is 4.89. The van der Waals surface area contributed by atoms with Gasteiger partial charge in [0, 0.05) is 6.42 Å². The van der Waals surface area contributed by atoms with Gasteiger partial charge in [-0.05, 0) is 40.0 Å². The number of rotatable bonds is 8. The molecule has 0 rings (SSSR count). The minimum absolute atomic E-state index is 0.108. The van der Waals surface area contributed by atoms with Crippen molar-refractivity contribution >= 4 is 12.1 Å². The zero-order valence-electron chi connectivity index (χ0n) is 10.6. The fourth-order valence-electron chi connectivity index (χ4n) is 1.23. The van der Waals surface area contributed by atoms with E-state index in [0.717, 1.165) is 30.4 Å². The van der Waals surface area contributed by atoms with Crippen molar-refractivity contribution in [3.8, 4) is 0 Å². The first kappa shape index (κ1) is 14.8. The van der Waals surface area contributed by atoms with Gasteiger partial charge in [-0.3, -0.25) is 9.59 Å². The maximum Gasteiger partial charge on any atom is 0.212 e. The van der Waals surface area contributed by atoms with E-state index in [2.05, 4.69) is 13.2 Å².